The Morgan fingerprint density at radius 2 is 1.66 bits per heavy atom. The lowest BCUT2D eigenvalue weighted by molar-refractivity contribution is -0.140. The van der Waals surface area contributed by atoms with E-state index in [1.54, 1.807) is 31.0 Å². The minimum atomic E-state index is -3.49. The van der Waals surface area contributed by atoms with Gasteiger partial charge in [-0.15, -0.1) is 0 Å². The summed E-state index contributed by atoms with van der Waals surface area (Å²) >= 11 is 0. The predicted molar refractivity (Wildman–Crippen MR) is 128 cm³/mol. The number of benzene rings is 2. The maximum atomic E-state index is 13.1. The van der Waals surface area contributed by atoms with E-state index < -0.39 is 16.1 Å². The van der Waals surface area contributed by atoms with Crippen LogP contribution in [0.25, 0.3) is 0 Å². The predicted octanol–water partition coefficient (Wildman–Crippen LogP) is 3.01. The van der Waals surface area contributed by atoms with Crippen LogP contribution in [0.4, 0.5) is 5.69 Å². The van der Waals surface area contributed by atoms with Crippen molar-refractivity contribution < 1.29 is 18.0 Å². The molecule has 2 amide bonds. The van der Waals surface area contributed by atoms with E-state index in [4.69, 9.17) is 0 Å². The molecule has 0 aliphatic carbocycles. The molecule has 32 heavy (non-hydrogen) atoms. The first-order valence-electron chi connectivity index (χ1n) is 10.6. The molecule has 1 N–H and O–H groups in total. The number of aryl methyl sites for hydroxylation is 2. The van der Waals surface area contributed by atoms with Crippen LogP contribution in [0.1, 0.15) is 36.5 Å². The number of carbonyl (C=O) groups is 2. The van der Waals surface area contributed by atoms with Crippen molar-refractivity contribution in [3.05, 3.63) is 65.2 Å². The Morgan fingerprint density at radius 3 is 2.22 bits per heavy atom. The summed E-state index contributed by atoms with van der Waals surface area (Å²) in [6.07, 6.45) is 1.63. The highest BCUT2D eigenvalue weighted by molar-refractivity contribution is 7.92. The molecule has 8 heteroatoms. The standard InChI is InChI=1S/C24H33N3O4S/c1-18-12-14-22(15-13-18)27(32(5,30)31)16-8-11-23(28)26(20(3)24(29)25-4)17-21-10-7-6-9-19(21)2/h6-7,9-10,12-15,20H,8,11,16-17H2,1-5H3,(H,25,29). The first-order valence-corrected chi connectivity index (χ1v) is 12.5. The first kappa shape index (κ1) is 25.4. The molecule has 0 spiro atoms. The third-order valence-corrected chi connectivity index (χ3v) is 6.68. The minimum Gasteiger partial charge on any atom is -0.357 e. The van der Waals surface area contributed by atoms with Crippen molar-refractivity contribution in [1.82, 2.24) is 10.2 Å². The van der Waals surface area contributed by atoms with Crippen molar-refractivity contribution in [2.75, 3.05) is 24.2 Å². The molecule has 0 aromatic heterocycles. The highest BCUT2D eigenvalue weighted by Gasteiger charge is 2.26. The Morgan fingerprint density at radius 1 is 1.03 bits per heavy atom. The molecule has 0 aliphatic heterocycles. The third kappa shape index (κ3) is 6.82. The van der Waals surface area contributed by atoms with Crippen molar-refractivity contribution in [2.45, 2.75) is 46.2 Å². The average molecular weight is 460 g/mol. The normalized spacial score (nSPS) is 12.2. The van der Waals surface area contributed by atoms with Gasteiger partial charge in [-0.3, -0.25) is 13.9 Å². The zero-order chi connectivity index (χ0) is 23.9. The Bertz CT molecular complexity index is 1040. The van der Waals surface area contributed by atoms with Crippen molar-refractivity contribution in [2.24, 2.45) is 0 Å². The van der Waals surface area contributed by atoms with Gasteiger partial charge in [0.25, 0.3) is 0 Å². The van der Waals surface area contributed by atoms with Gasteiger partial charge in [0.05, 0.1) is 11.9 Å². The molecule has 0 heterocycles. The molecular weight excluding hydrogens is 426 g/mol. The van der Waals surface area contributed by atoms with Crippen LogP contribution in [0, 0.1) is 13.8 Å². The maximum absolute atomic E-state index is 13.1. The lowest BCUT2D eigenvalue weighted by Crippen LogP contribution is -2.47. The fourth-order valence-corrected chi connectivity index (χ4v) is 4.44. The number of carbonyl (C=O) groups excluding carboxylic acids is 2. The molecule has 0 fully saturated rings. The van der Waals surface area contributed by atoms with Crippen LogP contribution >= 0.6 is 0 Å². The summed E-state index contributed by atoms with van der Waals surface area (Å²) in [7, 11) is -1.95. The monoisotopic (exact) mass is 459 g/mol. The van der Waals surface area contributed by atoms with Crippen molar-refractivity contribution in [3.63, 3.8) is 0 Å². The molecule has 2 rings (SSSR count). The van der Waals surface area contributed by atoms with Gasteiger partial charge in [0.2, 0.25) is 21.8 Å². The molecule has 0 saturated carbocycles. The van der Waals surface area contributed by atoms with Crippen molar-refractivity contribution >= 4 is 27.5 Å². The number of nitrogens with one attached hydrogen (secondary N) is 1. The van der Waals surface area contributed by atoms with E-state index in [1.165, 1.54) is 4.31 Å². The number of hydrogen-bond acceptors (Lipinski definition) is 4. The van der Waals surface area contributed by atoms with Gasteiger partial charge in [-0.1, -0.05) is 42.0 Å². The smallest absolute Gasteiger partial charge is 0.242 e. The van der Waals surface area contributed by atoms with E-state index in [0.29, 0.717) is 18.7 Å². The summed E-state index contributed by atoms with van der Waals surface area (Å²) in [5.74, 6) is -0.439. The second kappa shape index (κ2) is 11.1. The van der Waals surface area contributed by atoms with Gasteiger partial charge in [0.1, 0.15) is 6.04 Å². The second-order valence-electron chi connectivity index (χ2n) is 8.01. The molecule has 0 saturated heterocycles. The molecule has 7 nitrogen and oxygen atoms in total. The van der Waals surface area contributed by atoms with Gasteiger partial charge in [0.15, 0.2) is 0 Å². The molecule has 0 aliphatic rings. The van der Waals surface area contributed by atoms with E-state index in [-0.39, 0.29) is 24.8 Å². The van der Waals surface area contributed by atoms with Crippen molar-refractivity contribution in [3.8, 4) is 0 Å². The highest BCUT2D eigenvalue weighted by Crippen LogP contribution is 2.20. The van der Waals surface area contributed by atoms with Gasteiger partial charge in [-0.2, -0.15) is 0 Å². The summed E-state index contributed by atoms with van der Waals surface area (Å²) in [5, 5.41) is 2.60. The first-order chi connectivity index (χ1) is 15.0. The van der Waals surface area contributed by atoms with Gasteiger partial charge >= 0.3 is 0 Å². The van der Waals surface area contributed by atoms with Crippen LogP contribution < -0.4 is 9.62 Å². The van der Waals surface area contributed by atoms with Crippen LogP contribution in [-0.2, 0) is 26.2 Å². The van der Waals surface area contributed by atoms with Crippen LogP contribution in [-0.4, -0.2) is 51.0 Å². The molecule has 2 aromatic rings. The molecule has 2 aromatic carbocycles. The number of hydrogen-bond donors (Lipinski definition) is 1. The van der Waals surface area contributed by atoms with Gasteiger partial charge in [-0.25, -0.2) is 8.42 Å². The summed E-state index contributed by atoms with van der Waals surface area (Å²) in [5.41, 5.74) is 3.61. The number of nitrogens with zero attached hydrogens (tertiary/aromatic N) is 2. The van der Waals surface area contributed by atoms with E-state index >= 15 is 0 Å². The maximum Gasteiger partial charge on any atom is 0.242 e. The number of likely N-dealkylation sites (N-methyl/N-ethyl adjacent to an activating group) is 1. The van der Waals surface area contributed by atoms with E-state index in [1.807, 2.05) is 50.2 Å². The minimum absolute atomic E-state index is 0.130. The second-order valence-corrected chi connectivity index (χ2v) is 9.92. The number of amides is 2. The highest BCUT2D eigenvalue weighted by atomic mass is 32.2. The molecule has 1 unspecified atom stereocenters. The molecule has 1 atom stereocenters. The van der Waals surface area contributed by atoms with E-state index in [2.05, 4.69) is 5.32 Å². The van der Waals surface area contributed by atoms with E-state index in [0.717, 1.165) is 22.9 Å². The number of rotatable bonds is 10. The van der Waals surface area contributed by atoms with Crippen LogP contribution in [0.15, 0.2) is 48.5 Å². The Balaban J connectivity index is 2.14. The zero-order valence-corrected chi connectivity index (χ0v) is 20.3. The fourth-order valence-electron chi connectivity index (χ4n) is 3.48. The SMILES string of the molecule is CNC(=O)C(C)N(Cc1ccccc1C)C(=O)CCCN(c1ccc(C)cc1)S(C)(=O)=O. The van der Waals surface area contributed by atoms with E-state index in [9.17, 15) is 18.0 Å². The summed E-state index contributed by atoms with van der Waals surface area (Å²) in [6.45, 7) is 6.09. The van der Waals surface area contributed by atoms with Crippen molar-refractivity contribution in [1.29, 1.82) is 0 Å². The topological polar surface area (TPSA) is 86.8 Å². The lowest BCUT2D eigenvalue weighted by atomic mass is 10.1. The molecule has 0 bridgehead atoms. The molecule has 0 radical (unpaired) electrons. The molecule has 174 valence electrons. The Labute approximate surface area is 191 Å². The van der Waals surface area contributed by atoms with Crippen LogP contribution in [0.2, 0.25) is 0 Å². The quantitative estimate of drug-likeness (QED) is 0.592. The third-order valence-electron chi connectivity index (χ3n) is 5.49. The van der Waals surface area contributed by atoms with Gasteiger partial charge in [0, 0.05) is 26.6 Å². The average Bonchev–Trinajstić information content (AvgIpc) is 2.75. The number of anilines is 1. The van der Waals surface area contributed by atoms with Gasteiger partial charge in [-0.05, 0) is 50.5 Å². The Kier molecular flexibility index (Phi) is 8.83. The van der Waals surface area contributed by atoms with Crippen LogP contribution in [0.3, 0.4) is 0 Å². The fraction of sp³-hybridized carbons (Fsp3) is 0.417. The summed E-state index contributed by atoms with van der Waals surface area (Å²) in [6, 6.07) is 14.3. The largest absolute Gasteiger partial charge is 0.357 e. The molecular formula is C24H33N3O4S. The zero-order valence-electron chi connectivity index (χ0n) is 19.5. The summed E-state index contributed by atoms with van der Waals surface area (Å²) < 4.78 is 26.0. The van der Waals surface area contributed by atoms with Gasteiger partial charge < -0.3 is 10.2 Å². The van der Waals surface area contributed by atoms with Crippen LogP contribution in [0.5, 0.6) is 0 Å². The lowest BCUT2D eigenvalue weighted by Gasteiger charge is -2.29. The summed E-state index contributed by atoms with van der Waals surface area (Å²) in [4.78, 5) is 26.9. The Hall–Kier alpha value is -2.87. The number of sulfonamides is 1.